The first-order valence-electron chi connectivity index (χ1n) is 9.42. The van der Waals surface area contributed by atoms with Crippen molar-refractivity contribution in [3.63, 3.8) is 0 Å². The second-order valence-electron chi connectivity index (χ2n) is 6.50. The van der Waals surface area contributed by atoms with Crippen LogP contribution in [0.4, 0.5) is 5.69 Å². The van der Waals surface area contributed by atoms with Crippen LogP contribution < -0.4 is 10.2 Å². The van der Waals surface area contributed by atoms with Crippen molar-refractivity contribution in [1.29, 1.82) is 0 Å². The van der Waals surface area contributed by atoms with E-state index in [-0.39, 0.29) is 0 Å². The van der Waals surface area contributed by atoms with Crippen molar-refractivity contribution in [2.75, 3.05) is 44.7 Å². The Labute approximate surface area is 160 Å². The van der Waals surface area contributed by atoms with Gasteiger partial charge in [-0.25, -0.2) is 4.98 Å². The second-order valence-corrected chi connectivity index (χ2v) is 7.79. The van der Waals surface area contributed by atoms with Gasteiger partial charge in [-0.3, -0.25) is 4.99 Å². The van der Waals surface area contributed by atoms with E-state index in [1.165, 1.54) is 21.3 Å². The van der Waals surface area contributed by atoms with E-state index in [0.29, 0.717) is 0 Å². The highest BCUT2D eigenvalue weighted by atomic mass is 32.1. The smallest absolute Gasteiger partial charge is 0.193 e. The molecule has 0 spiro atoms. The molecular weight excluding hydrogens is 342 g/mol. The van der Waals surface area contributed by atoms with Crippen LogP contribution in [-0.2, 0) is 12.8 Å². The van der Waals surface area contributed by atoms with Gasteiger partial charge < -0.3 is 15.1 Å². The Morgan fingerprint density at radius 1 is 1.19 bits per heavy atom. The number of aromatic nitrogens is 1. The molecule has 1 saturated heterocycles. The molecule has 1 aliphatic rings. The Morgan fingerprint density at radius 3 is 2.54 bits per heavy atom. The standard InChI is InChI=1S/C20H29N5S/c1-4-18-16(2)26-19(23-18)10-11-22-20(21-3)25-14-12-24(13-15-25)17-8-6-5-7-9-17/h5-9H,4,10-15H2,1-3H3,(H,21,22). The van der Waals surface area contributed by atoms with E-state index in [0.717, 1.165) is 51.5 Å². The first kappa shape index (κ1) is 18.7. The molecule has 1 aromatic heterocycles. The lowest BCUT2D eigenvalue weighted by Gasteiger charge is -2.37. The zero-order valence-electron chi connectivity index (χ0n) is 16.0. The topological polar surface area (TPSA) is 43.8 Å². The number of anilines is 1. The molecule has 6 heteroatoms. The summed E-state index contributed by atoms with van der Waals surface area (Å²) in [6.45, 7) is 9.24. The van der Waals surface area contributed by atoms with Crippen LogP contribution in [0.25, 0.3) is 0 Å². The monoisotopic (exact) mass is 371 g/mol. The molecule has 1 aromatic carbocycles. The van der Waals surface area contributed by atoms with Gasteiger partial charge in [0.1, 0.15) is 0 Å². The molecule has 5 nitrogen and oxygen atoms in total. The van der Waals surface area contributed by atoms with Crippen LogP contribution in [0.5, 0.6) is 0 Å². The van der Waals surface area contributed by atoms with Crippen LogP contribution in [0.1, 0.15) is 22.5 Å². The van der Waals surface area contributed by atoms with E-state index >= 15 is 0 Å². The fourth-order valence-corrected chi connectivity index (χ4v) is 4.37. The van der Waals surface area contributed by atoms with Gasteiger partial charge in [0.15, 0.2) is 5.96 Å². The molecule has 2 heterocycles. The summed E-state index contributed by atoms with van der Waals surface area (Å²) in [4.78, 5) is 15.3. The Hall–Kier alpha value is -2.08. The molecule has 0 atom stereocenters. The van der Waals surface area contributed by atoms with E-state index in [1.54, 1.807) is 0 Å². The zero-order valence-corrected chi connectivity index (χ0v) is 16.9. The highest BCUT2D eigenvalue weighted by Crippen LogP contribution is 2.18. The van der Waals surface area contributed by atoms with Gasteiger partial charge in [0, 0.05) is 56.8 Å². The van der Waals surface area contributed by atoms with Crippen LogP contribution in [0.2, 0.25) is 0 Å². The molecule has 0 aliphatic carbocycles. The summed E-state index contributed by atoms with van der Waals surface area (Å²) in [6, 6.07) is 10.6. The summed E-state index contributed by atoms with van der Waals surface area (Å²) in [6.07, 6.45) is 1.97. The highest BCUT2D eigenvalue weighted by Gasteiger charge is 2.19. The fourth-order valence-electron chi connectivity index (χ4n) is 3.35. The lowest BCUT2D eigenvalue weighted by atomic mass is 10.2. The maximum Gasteiger partial charge on any atom is 0.193 e. The molecule has 140 valence electrons. The molecule has 3 rings (SSSR count). The number of nitrogens with zero attached hydrogens (tertiary/aromatic N) is 4. The SMILES string of the molecule is CCc1nc(CCNC(=NC)N2CCN(c3ccccc3)CC2)sc1C. The molecule has 2 aromatic rings. The summed E-state index contributed by atoms with van der Waals surface area (Å²) >= 11 is 1.82. The second kappa shape index (κ2) is 9.03. The van der Waals surface area contributed by atoms with Crippen LogP contribution in [0.15, 0.2) is 35.3 Å². The van der Waals surface area contributed by atoms with Gasteiger partial charge in [-0.05, 0) is 25.5 Å². The first-order valence-corrected chi connectivity index (χ1v) is 10.2. The number of piperazine rings is 1. The van der Waals surface area contributed by atoms with Crippen LogP contribution in [0.3, 0.4) is 0 Å². The maximum absolute atomic E-state index is 4.73. The van der Waals surface area contributed by atoms with Crippen molar-refractivity contribution >= 4 is 23.0 Å². The van der Waals surface area contributed by atoms with Crippen LogP contribution in [0, 0.1) is 6.92 Å². The molecule has 0 saturated carbocycles. The number of aryl methyl sites for hydroxylation is 2. The Bertz CT molecular complexity index is 717. The van der Waals surface area contributed by atoms with Crippen molar-refractivity contribution in [3.05, 3.63) is 45.9 Å². The molecule has 0 radical (unpaired) electrons. The number of hydrogen-bond acceptors (Lipinski definition) is 4. The van der Waals surface area contributed by atoms with Gasteiger partial charge in [-0.15, -0.1) is 11.3 Å². The predicted molar refractivity (Wildman–Crippen MR) is 112 cm³/mol. The maximum atomic E-state index is 4.73. The number of thiazole rings is 1. The van der Waals surface area contributed by atoms with E-state index in [4.69, 9.17) is 4.98 Å². The van der Waals surface area contributed by atoms with Crippen molar-refractivity contribution < 1.29 is 0 Å². The third-order valence-corrected chi connectivity index (χ3v) is 5.88. The average molecular weight is 372 g/mol. The lowest BCUT2D eigenvalue weighted by Crippen LogP contribution is -2.52. The average Bonchev–Trinajstić information content (AvgIpc) is 3.06. The minimum Gasteiger partial charge on any atom is -0.368 e. The fraction of sp³-hybridized carbons (Fsp3) is 0.500. The first-order chi connectivity index (χ1) is 12.7. The van der Waals surface area contributed by atoms with Gasteiger partial charge in [0.05, 0.1) is 10.7 Å². The summed E-state index contributed by atoms with van der Waals surface area (Å²) < 4.78 is 0. The van der Waals surface area contributed by atoms with E-state index in [1.807, 2.05) is 18.4 Å². The Kier molecular flexibility index (Phi) is 6.50. The van der Waals surface area contributed by atoms with Gasteiger partial charge in [0.25, 0.3) is 0 Å². The number of para-hydroxylation sites is 1. The van der Waals surface area contributed by atoms with E-state index < -0.39 is 0 Å². The van der Waals surface area contributed by atoms with Crippen molar-refractivity contribution in [2.24, 2.45) is 4.99 Å². The van der Waals surface area contributed by atoms with E-state index in [9.17, 15) is 0 Å². The molecule has 0 unspecified atom stereocenters. The Balaban J connectivity index is 1.47. The Morgan fingerprint density at radius 2 is 1.92 bits per heavy atom. The number of nitrogens with one attached hydrogen (secondary N) is 1. The quantitative estimate of drug-likeness (QED) is 0.648. The number of benzene rings is 1. The summed E-state index contributed by atoms with van der Waals surface area (Å²) in [5.41, 5.74) is 2.55. The van der Waals surface area contributed by atoms with Gasteiger partial charge in [0.2, 0.25) is 0 Å². The molecule has 1 fully saturated rings. The number of rotatable bonds is 5. The summed E-state index contributed by atoms with van der Waals surface area (Å²) in [7, 11) is 1.87. The van der Waals surface area contributed by atoms with Gasteiger partial charge in [-0.1, -0.05) is 25.1 Å². The van der Waals surface area contributed by atoms with E-state index in [2.05, 4.69) is 64.3 Å². The van der Waals surface area contributed by atoms with Gasteiger partial charge >= 0.3 is 0 Å². The predicted octanol–water partition coefficient (Wildman–Crippen LogP) is 2.95. The molecule has 1 aliphatic heterocycles. The summed E-state index contributed by atoms with van der Waals surface area (Å²) in [5, 5.41) is 4.73. The molecule has 0 amide bonds. The third kappa shape index (κ3) is 4.55. The van der Waals surface area contributed by atoms with Crippen LogP contribution in [-0.4, -0.2) is 55.6 Å². The molecular formula is C20H29N5S. The number of guanidine groups is 1. The third-order valence-electron chi connectivity index (χ3n) is 4.81. The number of aliphatic imine (C=N–C) groups is 1. The van der Waals surface area contributed by atoms with Crippen LogP contribution >= 0.6 is 11.3 Å². The lowest BCUT2D eigenvalue weighted by molar-refractivity contribution is 0.373. The summed E-state index contributed by atoms with van der Waals surface area (Å²) in [5.74, 6) is 1.00. The molecule has 0 bridgehead atoms. The highest BCUT2D eigenvalue weighted by molar-refractivity contribution is 7.11. The molecule has 1 N–H and O–H groups in total. The minimum atomic E-state index is 0.877. The largest absolute Gasteiger partial charge is 0.368 e. The van der Waals surface area contributed by atoms with Crippen molar-refractivity contribution in [1.82, 2.24) is 15.2 Å². The minimum absolute atomic E-state index is 0.877. The van der Waals surface area contributed by atoms with Crippen molar-refractivity contribution in [3.8, 4) is 0 Å². The molecule has 26 heavy (non-hydrogen) atoms. The van der Waals surface area contributed by atoms with Crippen molar-refractivity contribution in [2.45, 2.75) is 26.7 Å². The van der Waals surface area contributed by atoms with Gasteiger partial charge in [-0.2, -0.15) is 0 Å². The normalized spacial score (nSPS) is 15.4. The number of hydrogen-bond donors (Lipinski definition) is 1. The zero-order chi connectivity index (χ0) is 18.4.